The summed E-state index contributed by atoms with van der Waals surface area (Å²) in [6.07, 6.45) is 0.812. The van der Waals surface area contributed by atoms with Gasteiger partial charge in [-0.3, -0.25) is 4.79 Å². The zero-order valence-corrected chi connectivity index (χ0v) is 26.8. The number of nitrogens with zero attached hydrogens (tertiary/aromatic N) is 1. The Labute approximate surface area is 263 Å². The second-order valence-corrected chi connectivity index (χ2v) is 13.6. The van der Waals surface area contributed by atoms with E-state index in [2.05, 4.69) is 166 Å². The SMILES string of the molecule is Cc1ccc(C2(C)CC(C)(C)N(C(=O)C(C)C)c3ccc(C(c4ccccc4)(c4ccccc4)c4ccccc4)cc32)cc1. The molecule has 222 valence electrons. The summed E-state index contributed by atoms with van der Waals surface area (Å²) in [5, 5.41) is 0. The molecule has 1 heterocycles. The van der Waals surface area contributed by atoms with E-state index >= 15 is 0 Å². The van der Waals surface area contributed by atoms with Gasteiger partial charge in [-0.05, 0) is 66.6 Å². The number of hydrogen-bond donors (Lipinski definition) is 0. The van der Waals surface area contributed by atoms with Crippen LogP contribution in [0.4, 0.5) is 5.69 Å². The predicted molar refractivity (Wildman–Crippen MR) is 183 cm³/mol. The Morgan fingerprint density at radius 2 is 1.14 bits per heavy atom. The van der Waals surface area contributed by atoms with Crippen molar-refractivity contribution < 1.29 is 4.79 Å². The van der Waals surface area contributed by atoms with Crippen LogP contribution in [0, 0.1) is 12.8 Å². The Hall–Kier alpha value is -4.43. The van der Waals surface area contributed by atoms with Crippen LogP contribution >= 0.6 is 0 Å². The highest BCUT2D eigenvalue weighted by Crippen LogP contribution is 2.53. The number of fused-ring (bicyclic) bond motifs is 1. The third kappa shape index (κ3) is 4.78. The highest BCUT2D eigenvalue weighted by molar-refractivity contribution is 5.98. The molecule has 0 fully saturated rings. The summed E-state index contributed by atoms with van der Waals surface area (Å²) in [7, 11) is 0. The molecule has 1 aliphatic heterocycles. The molecular weight excluding hydrogens is 534 g/mol. The van der Waals surface area contributed by atoms with Crippen molar-refractivity contribution in [3.8, 4) is 0 Å². The first-order valence-electron chi connectivity index (χ1n) is 15.8. The summed E-state index contributed by atoms with van der Waals surface area (Å²) in [6.45, 7) is 13.0. The van der Waals surface area contributed by atoms with Gasteiger partial charge < -0.3 is 4.90 Å². The summed E-state index contributed by atoms with van der Waals surface area (Å²) in [4.78, 5) is 16.0. The molecule has 1 unspecified atom stereocenters. The molecule has 0 spiro atoms. The van der Waals surface area contributed by atoms with Crippen LogP contribution in [0.2, 0.25) is 0 Å². The van der Waals surface area contributed by atoms with Crippen molar-refractivity contribution in [3.63, 3.8) is 0 Å². The molecule has 1 amide bonds. The normalized spacial score (nSPS) is 17.8. The van der Waals surface area contributed by atoms with E-state index in [0.29, 0.717) is 0 Å². The Bertz CT molecular complexity index is 1660. The molecule has 1 atom stereocenters. The van der Waals surface area contributed by atoms with E-state index in [4.69, 9.17) is 0 Å². The Kier molecular flexibility index (Phi) is 7.58. The molecular formula is C42H43NO. The third-order valence-corrected chi connectivity index (χ3v) is 9.68. The molecule has 6 rings (SSSR count). The number of aryl methyl sites for hydroxylation is 1. The molecule has 44 heavy (non-hydrogen) atoms. The van der Waals surface area contributed by atoms with Crippen LogP contribution in [0.3, 0.4) is 0 Å². The van der Waals surface area contributed by atoms with Crippen molar-refractivity contribution in [2.45, 2.75) is 64.3 Å². The molecule has 2 heteroatoms. The van der Waals surface area contributed by atoms with Crippen LogP contribution in [-0.4, -0.2) is 11.4 Å². The van der Waals surface area contributed by atoms with Gasteiger partial charge in [0.2, 0.25) is 5.91 Å². The van der Waals surface area contributed by atoms with Gasteiger partial charge in [-0.15, -0.1) is 0 Å². The monoisotopic (exact) mass is 577 g/mol. The van der Waals surface area contributed by atoms with E-state index in [1.54, 1.807) is 0 Å². The number of benzene rings is 5. The molecule has 0 aromatic heterocycles. The number of hydrogen-bond acceptors (Lipinski definition) is 1. The maximum Gasteiger partial charge on any atom is 0.230 e. The molecule has 1 aliphatic rings. The van der Waals surface area contributed by atoms with Crippen molar-refractivity contribution in [3.05, 3.63) is 172 Å². The fraction of sp³-hybridized carbons (Fsp3) is 0.262. The minimum Gasteiger partial charge on any atom is -0.306 e. The summed E-state index contributed by atoms with van der Waals surface area (Å²) < 4.78 is 0. The maximum absolute atomic E-state index is 13.9. The first kappa shape index (κ1) is 29.6. The first-order chi connectivity index (χ1) is 21.1. The van der Waals surface area contributed by atoms with Gasteiger partial charge in [0.05, 0.1) is 5.41 Å². The molecule has 2 nitrogen and oxygen atoms in total. The van der Waals surface area contributed by atoms with Crippen molar-refractivity contribution in [2.24, 2.45) is 5.92 Å². The number of anilines is 1. The topological polar surface area (TPSA) is 20.3 Å². The van der Waals surface area contributed by atoms with Gasteiger partial charge in [0, 0.05) is 22.6 Å². The summed E-state index contributed by atoms with van der Waals surface area (Å²) in [6, 6.07) is 48.4. The van der Waals surface area contributed by atoms with Crippen molar-refractivity contribution in [1.82, 2.24) is 0 Å². The lowest BCUT2D eigenvalue weighted by molar-refractivity contribution is -0.122. The molecule has 0 radical (unpaired) electrons. The highest BCUT2D eigenvalue weighted by atomic mass is 16.2. The summed E-state index contributed by atoms with van der Waals surface area (Å²) in [5.41, 5.74) is 8.29. The second-order valence-electron chi connectivity index (χ2n) is 13.6. The van der Waals surface area contributed by atoms with E-state index in [1.165, 1.54) is 38.9 Å². The summed E-state index contributed by atoms with van der Waals surface area (Å²) >= 11 is 0. The Morgan fingerprint density at radius 3 is 1.59 bits per heavy atom. The minimum absolute atomic E-state index is 0.109. The van der Waals surface area contributed by atoms with E-state index in [-0.39, 0.29) is 22.8 Å². The fourth-order valence-electron chi connectivity index (χ4n) is 7.69. The zero-order valence-electron chi connectivity index (χ0n) is 26.8. The molecule has 0 saturated carbocycles. The summed E-state index contributed by atoms with van der Waals surface area (Å²) in [5.74, 6) is 0.0537. The predicted octanol–water partition coefficient (Wildman–Crippen LogP) is 9.86. The van der Waals surface area contributed by atoms with E-state index in [0.717, 1.165) is 12.1 Å². The highest BCUT2D eigenvalue weighted by Gasteiger charge is 2.49. The minimum atomic E-state index is -0.563. The average molecular weight is 578 g/mol. The average Bonchev–Trinajstić information content (AvgIpc) is 3.03. The maximum atomic E-state index is 13.9. The van der Waals surface area contributed by atoms with Gasteiger partial charge in [0.1, 0.15) is 0 Å². The Morgan fingerprint density at radius 1 is 0.659 bits per heavy atom. The zero-order chi connectivity index (χ0) is 31.1. The van der Waals surface area contributed by atoms with Crippen LogP contribution in [0.25, 0.3) is 0 Å². The van der Waals surface area contributed by atoms with E-state index in [9.17, 15) is 4.79 Å². The lowest BCUT2D eigenvalue weighted by Crippen LogP contribution is -2.57. The Balaban J connectivity index is 1.72. The molecule has 0 bridgehead atoms. The number of rotatable bonds is 6. The van der Waals surface area contributed by atoms with Crippen LogP contribution in [0.1, 0.15) is 80.0 Å². The number of carbonyl (C=O) groups excluding carboxylic acids is 1. The van der Waals surface area contributed by atoms with Crippen LogP contribution < -0.4 is 4.90 Å². The molecule has 5 aromatic carbocycles. The fourth-order valence-corrected chi connectivity index (χ4v) is 7.69. The van der Waals surface area contributed by atoms with Gasteiger partial charge >= 0.3 is 0 Å². The van der Waals surface area contributed by atoms with Crippen LogP contribution in [0.5, 0.6) is 0 Å². The van der Waals surface area contributed by atoms with Gasteiger partial charge in [-0.1, -0.05) is 154 Å². The lowest BCUT2D eigenvalue weighted by atomic mass is 9.61. The lowest BCUT2D eigenvalue weighted by Gasteiger charge is -2.52. The number of carbonyl (C=O) groups is 1. The molecule has 0 saturated heterocycles. The van der Waals surface area contributed by atoms with E-state index < -0.39 is 5.41 Å². The van der Waals surface area contributed by atoms with Gasteiger partial charge in [0.15, 0.2) is 0 Å². The van der Waals surface area contributed by atoms with Gasteiger partial charge in [-0.2, -0.15) is 0 Å². The third-order valence-electron chi connectivity index (χ3n) is 9.68. The van der Waals surface area contributed by atoms with Crippen LogP contribution in [-0.2, 0) is 15.6 Å². The smallest absolute Gasteiger partial charge is 0.230 e. The van der Waals surface area contributed by atoms with Crippen LogP contribution in [0.15, 0.2) is 133 Å². The van der Waals surface area contributed by atoms with E-state index in [1.807, 2.05) is 13.8 Å². The largest absolute Gasteiger partial charge is 0.306 e. The quantitative estimate of drug-likeness (QED) is 0.184. The molecule has 0 N–H and O–H groups in total. The standard InChI is InChI=1S/C42H43NO/c1-30(2)39(44)43-38-27-26-36(28-37(38)41(6,29-40(43,4)5)32-24-22-31(3)23-25-32)42(33-16-10-7-11-17-33,34-18-12-8-13-19-34)35-20-14-9-15-21-35/h7-28,30H,29H2,1-6H3. The molecule has 0 aliphatic carbocycles. The van der Waals surface area contributed by atoms with Crippen molar-refractivity contribution in [2.75, 3.05) is 4.90 Å². The molecule has 5 aromatic rings. The van der Waals surface area contributed by atoms with Gasteiger partial charge in [-0.25, -0.2) is 0 Å². The van der Waals surface area contributed by atoms with Gasteiger partial charge in [0.25, 0.3) is 0 Å². The second kappa shape index (κ2) is 11.2. The first-order valence-corrected chi connectivity index (χ1v) is 15.8. The van der Waals surface area contributed by atoms with Crippen molar-refractivity contribution in [1.29, 1.82) is 0 Å². The number of amides is 1. The van der Waals surface area contributed by atoms with Crippen molar-refractivity contribution >= 4 is 11.6 Å².